The van der Waals surface area contributed by atoms with E-state index in [4.69, 9.17) is 4.74 Å². The van der Waals surface area contributed by atoms with Crippen molar-refractivity contribution in [3.63, 3.8) is 0 Å². The van der Waals surface area contributed by atoms with Crippen molar-refractivity contribution in [3.05, 3.63) is 53.0 Å². The number of ether oxygens (including phenoxy) is 1. The predicted molar refractivity (Wildman–Crippen MR) is 103 cm³/mol. The normalized spacial score (nSPS) is 12.3. The van der Waals surface area contributed by atoms with E-state index in [1.54, 1.807) is 43.3 Å². The molecule has 0 aromatic heterocycles. The number of sulfonamides is 1. The van der Waals surface area contributed by atoms with Crippen LogP contribution in [0.2, 0.25) is 0 Å². The molecule has 0 bridgehead atoms. The number of hydrogen-bond acceptors (Lipinski definition) is 4. The summed E-state index contributed by atoms with van der Waals surface area (Å²) in [7, 11) is -1.92. The van der Waals surface area contributed by atoms with Gasteiger partial charge in [-0.05, 0) is 49.4 Å². The van der Waals surface area contributed by atoms with Crippen LogP contribution in [0.15, 0.2) is 53.0 Å². The molecule has 0 fully saturated rings. The molecular formula is C17H19BrN2O4S. The van der Waals surface area contributed by atoms with Gasteiger partial charge in [-0.25, -0.2) is 8.42 Å². The summed E-state index contributed by atoms with van der Waals surface area (Å²) in [6, 6.07) is 13.8. The summed E-state index contributed by atoms with van der Waals surface area (Å²) >= 11 is 3.34. The number of nitrogens with one attached hydrogen (secondary N) is 1. The van der Waals surface area contributed by atoms with Gasteiger partial charge in [-0.15, -0.1) is 0 Å². The van der Waals surface area contributed by atoms with E-state index in [1.165, 1.54) is 7.05 Å². The third-order valence-electron chi connectivity index (χ3n) is 3.47. The molecule has 134 valence electrons. The molecule has 0 spiro atoms. The summed E-state index contributed by atoms with van der Waals surface area (Å²) in [5.41, 5.74) is 0.950. The maximum Gasteiger partial charge on any atom is 0.265 e. The first-order valence-corrected chi connectivity index (χ1v) is 10.1. The molecule has 2 rings (SSSR count). The van der Waals surface area contributed by atoms with Gasteiger partial charge in [-0.3, -0.25) is 9.10 Å². The highest BCUT2D eigenvalue weighted by Crippen LogP contribution is 2.21. The predicted octanol–water partition coefficient (Wildman–Crippen LogP) is 3.25. The number of amides is 1. The molecule has 0 saturated heterocycles. The number of benzene rings is 2. The molecule has 0 unspecified atom stereocenters. The van der Waals surface area contributed by atoms with Crippen molar-refractivity contribution in [3.8, 4) is 5.75 Å². The van der Waals surface area contributed by atoms with Crippen molar-refractivity contribution in [1.82, 2.24) is 0 Å². The van der Waals surface area contributed by atoms with Crippen LogP contribution in [0.5, 0.6) is 5.75 Å². The number of carbonyl (C=O) groups is 1. The lowest BCUT2D eigenvalue weighted by Gasteiger charge is -2.18. The summed E-state index contributed by atoms with van der Waals surface area (Å²) in [6.45, 7) is 1.64. The molecule has 0 heterocycles. The van der Waals surface area contributed by atoms with Gasteiger partial charge in [0.15, 0.2) is 6.10 Å². The van der Waals surface area contributed by atoms with Crippen molar-refractivity contribution in [2.24, 2.45) is 0 Å². The Morgan fingerprint density at radius 3 is 2.44 bits per heavy atom. The number of halogens is 1. The van der Waals surface area contributed by atoms with Crippen LogP contribution in [0.3, 0.4) is 0 Å². The van der Waals surface area contributed by atoms with E-state index in [0.717, 1.165) is 15.0 Å². The third kappa shape index (κ3) is 5.47. The molecule has 0 aliphatic rings. The molecule has 6 nitrogen and oxygen atoms in total. The zero-order valence-electron chi connectivity index (χ0n) is 14.1. The first-order valence-electron chi connectivity index (χ1n) is 7.44. The van der Waals surface area contributed by atoms with E-state index in [-0.39, 0.29) is 5.91 Å². The van der Waals surface area contributed by atoms with Gasteiger partial charge in [0.05, 0.1) is 11.9 Å². The average molecular weight is 427 g/mol. The zero-order valence-corrected chi connectivity index (χ0v) is 16.5. The second-order valence-corrected chi connectivity index (χ2v) is 8.41. The lowest BCUT2D eigenvalue weighted by molar-refractivity contribution is -0.122. The molecule has 8 heteroatoms. The minimum Gasteiger partial charge on any atom is -0.481 e. The Balaban J connectivity index is 2.06. The molecule has 2 aromatic carbocycles. The fraction of sp³-hybridized carbons (Fsp3) is 0.235. The van der Waals surface area contributed by atoms with E-state index in [1.807, 2.05) is 12.1 Å². The van der Waals surface area contributed by atoms with E-state index >= 15 is 0 Å². The van der Waals surface area contributed by atoms with Crippen LogP contribution in [0.1, 0.15) is 6.92 Å². The van der Waals surface area contributed by atoms with Crippen molar-refractivity contribution >= 4 is 43.2 Å². The largest absolute Gasteiger partial charge is 0.481 e. The Morgan fingerprint density at radius 1 is 1.20 bits per heavy atom. The molecule has 0 saturated carbocycles. The topological polar surface area (TPSA) is 75.7 Å². The van der Waals surface area contributed by atoms with Gasteiger partial charge in [0, 0.05) is 17.2 Å². The Hall–Kier alpha value is -2.06. The number of hydrogen-bond donors (Lipinski definition) is 1. The highest BCUT2D eigenvalue weighted by molar-refractivity contribution is 9.10. The molecule has 2 aromatic rings. The number of rotatable bonds is 6. The minimum absolute atomic E-state index is 0.331. The standard InChI is InChI=1S/C17H19BrN2O4S/c1-12(24-16-9-7-13(18)8-10-16)17(21)19-14-5-4-6-15(11-14)20(2)25(3,22)23/h4-12H,1-3H3,(H,19,21)/t12-/m0/s1. The van der Waals surface area contributed by atoms with Gasteiger partial charge in [0.1, 0.15) is 5.75 Å². The second kappa shape index (κ2) is 7.88. The molecule has 1 amide bonds. The summed E-state index contributed by atoms with van der Waals surface area (Å²) in [4.78, 5) is 12.3. The average Bonchev–Trinajstić information content (AvgIpc) is 2.55. The zero-order chi connectivity index (χ0) is 18.6. The SMILES string of the molecule is C[C@H](Oc1ccc(Br)cc1)C(=O)Nc1cccc(N(C)S(C)(=O)=O)c1. The lowest BCUT2D eigenvalue weighted by atomic mass is 10.2. The van der Waals surface area contributed by atoms with Crippen LogP contribution in [0.25, 0.3) is 0 Å². The van der Waals surface area contributed by atoms with Crippen LogP contribution in [-0.4, -0.2) is 33.7 Å². The molecule has 25 heavy (non-hydrogen) atoms. The van der Waals surface area contributed by atoms with E-state index in [0.29, 0.717) is 17.1 Å². The first-order chi connectivity index (χ1) is 11.7. The van der Waals surface area contributed by atoms with Gasteiger partial charge in [-0.2, -0.15) is 0 Å². The minimum atomic E-state index is -3.37. The Bertz CT molecular complexity index is 853. The molecule has 1 N–H and O–H groups in total. The van der Waals surface area contributed by atoms with Crippen LogP contribution in [0, 0.1) is 0 Å². The Kier molecular flexibility index (Phi) is 6.07. The van der Waals surface area contributed by atoms with Crippen LogP contribution < -0.4 is 14.4 Å². The Morgan fingerprint density at radius 2 is 1.84 bits per heavy atom. The summed E-state index contributed by atoms with van der Waals surface area (Å²) in [6.07, 6.45) is 0.407. The van der Waals surface area contributed by atoms with Gasteiger partial charge >= 0.3 is 0 Å². The highest BCUT2D eigenvalue weighted by atomic mass is 79.9. The summed E-state index contributed by atoms with van der Waals surface area (Å²) in [5.74, 6) is 0.249. The van der Waals surface area contributed by atoms with Gasteiger partial charge in [0.2, 0.25) is 10.0 Å². The second-order valence-electron chi connectivity index (χ2n) is 5.48. The lowest BCUT2D eigenvalue weighted by Crippen LogP contribution is -2.30. The van der Waals surface area contributed by atoms with Crippen LogP contribution in [-0.2, 0) is 14.8 Å². The van der Waals surface area contributed by atoms with Gasteiger partial charge < -0.3 is 10.1 Å². The maximum atomic E-state index is 12.3. The van der Waals surface area contributed by atoms with Gasteiger partial charge in [-0.1, -0.05) is 22.0 Å². The van der Waals surface area contributed by atoms with Crippen LogP contribution in [0.4, 0.5) is 11.4 Å². The van der Waals surface area contributed by atoms with Crippen molar-refractivity contribution in [1.29, 1.82) is 0 Å². The molecule has 0 aliphatic heterocycles. The quantitative estimate of drug-likeness (QED) is 0.768. The van der Waals surface area contributed by atoms with E-state index in [2.05, 4.69) is 21.2 Å². The number of carbonyl (C=O) groups excluding carboxylic acids is 1. The van der Waals surface area contributed by atoms with Crippen LogP contribution >= 0.6 is 15.9 Å². The first kappa shape index (κ1) is 19.3. The molecular weight excluding hydrogens is 408 g/mol. The highest BCUT2D eigenvalue weighted by Gasteiger charge is 2.16. The molecule has 1 atom stereocenters. The maximum absolute atomic E-state index is 12.3. The summed E-state index contributed by atoms with van der Waals surface area (Å²) < 4.78 is 30.9. The van der Waals surface area contributed by atoms with Crippen molar-refractivity contribution in [2.75, 3.05) is 22.9 Å². The fourth-order valence-electron chi connectivity index (χ4n) is 1.99. The monoisotopic (exact) mass is 426 g/mol. The van der Waals surface area contributed by atoms with E-state index in [9.17, 15) is 13.2 Å². The molecule has 0 radical (unpaired) electrons. The van der Waals surface area contributed by atoms with Gasteiger partial charge in [0.25, 0.3) is 5.91 Å². The Labute approximate surface area is 156 Å². The van der Waals surface area contributed by atoms with Crippen molar-refractivity contribution in [2.45, 2.75) is 13.0 Å². The third-order valence-corrected chi connectivity index (χ3v) is 5.20. The summed E-state index contributed by atoms with van der Waals surface area (Å²) in [5, 5.41) is 2.73. The number of anilines is 2. The number of nitrogens with zero attached hydrogens (tertiary/aromatic N) is 1. The van der Waals surface area contributed by atoms with E-state index < -0.39 is 16.1 Å². The van der Waals surface area contributed by atoms with Crippen molar-refractivity contribution < 1.29 is 17.9 Å². The smallest absolute Gasteiger partial charge is 0.265 e. The fourth-order valence-corrected chi connectivity index (χ4v) is 2.75. The molecule has 0 aliphatic carbocycles.